The van der Waals surface area contributed by atoms with Gasteiger partial charge in [0.15, 0.2) is 11.5 Å². The van der Waals surface area contributed by atoms with Crippen LogP contribution in [0, 0.1) is 3.57 Å². The third kappa shape index (κ3) is 8.68. The Balaban J connectivity index is 2.45. The van der Waals surface area contributed by atoms with E-state index in [0.717, 1.165) is 25.7 Å². The lowest BCUT2D eigenvalue weighted by Gasteiger charge is -2.41. The molecule has 0 saturated carbocycles. The summed E-state index contributed by atoms with van der Waals surface area (Å²) >= 11 is 2.03. The summed E-state index contributed by atoms with van der Waals surface area (Å²) in [6, 6.07) is 2.52. The molecule has 3 unspecified atom stereocenters. The maximum atomic E-state index is 13.2. The maximum Gasteiger partial charge on any atom is 0.247 e. The molecule has 3 N–H and O–H groups in total. The average molecular weight is 631 g/mol. The fourth-order valence-electron chi connectivity index (χ4n) is 4.38. The number of rotatable bonds is 15. The molecule has 0 aromatic heterocycles. The Bertz CT molecular complexity index is 953. The van der Waals surface area contributed by atoms with Crippen molar-refractivity contribution in [2.24, 2.45) is 0 Å². The van der Waals surface area contributed by atoms with Crippen LogP contribution in [-0.2, 0) is 9.59 Å². The first-order chi connectivity index (χ1) is 17.8. The number of methoxy groups -OCH3 is 1. The predicted molar refractivity (Wildman–Crippen MR) is 149 cm³/mol. The minimum Gasteiger partial charge on any atom is -0.493 e. The number of aliphatic hydroxyl groups excluding tert-OH is 2. The molecule has 0 bridgehead atoms. The summed E-state index contributed by atoms with van der Waals surface area (Å²) in [5, 5.41) is 23.3. The van der Waals surface area contributed by atoms with E-state index >= 15 is 0 Å². The summed E-state index contributed by atoms with van der Waals surface area (Å²) in [6.07, 6.45) is 5.28. The van der Waals surface area contributed by atoms with Crippen molar-refractivity contribution in [3.05, 3.63) is 32.9 Å². The molecule has 0 fully saturated rings. The second kappa shape index (κ2) is 15.9. The molecule has 3 atom stereocenters. The van der Waals surface area contributed by atoms with Crippen molar-refractivity contribution in [3.63, 3.8) is 0 Å². The second-order valence-electron chi connectivity index (χ2n) is 9.07. The van der Waals surface area contributed by atoms with Crippen LogP contribution in [-0.4, -0.2) is 78.3 Å². The van der Waals surface area contributed by atoms with Crippen molar-refractivity contribution in [1.29, 1.82) is 0 Å². The van der Waals surface area contributed by atoms with Gasteiger partial charge in [-0.1, -0.05) is 33.1 Å². The average Bonchev–Trinajstić information content (AvgIpc) is 2.89. The lowest BCUT2D eigenvalue weighted by molar-refractivity contribution is -0.138. The van der Waals surface area contributed by atoms with Crippen molar-refractivity contribution < 1.29 is 34.1 Å². The number of carbonyl (C=O) groups is 3. The van der Waals surface area contributed by atoms with E-state index in [4.69, 9.17) is 14.6 Å². The van der Waals surface area contributed by atoms with Crippen molar-refractivity contribution in [2.75, 3.05) is 26.8 Å². The number of unbranched alkanes of at least 4 members (excludes halogenated alkanes) is 3. The van der Waals surface area contributed by atoms with Crippen LogP contribution in [0.25, 0.3) is 0 Å². The van der Waals surface area contributed by atoms with E-state index < -0.39 is 18.2 Å². The van der Waals surface area contributed by atoms with Crippen LogP contribution in [0.1, 0.15) is 69.2 Å². The largest absolute Gasteiger partial charge is 0.493 e. The normalized spacial score (nSPS) is 19.1. The summed E-state index contributed by atoms with van der Waals surface area (Å²) in [5.74, 6) is 0.202. The van der Waals surface area contributed by atoms with E-state index in [0.29, 0.717) is 51.9 Å². The molecule has 37 heavy (non-hydrogen) atoms. The summed E-state index contributed by atoms with van der Waals surface area (Å²) in [6.45, 7) is 4.41. The summed E-state index contributed by atoms with van der Waals surface area (Å²) < 4.78 is 12.3. The van der Waals surface area contributed by atoms with Crippen LogP contribution in [0.2, 0.25) is 0 Å². The van der Waals surface area contributed by atoms with E-state index in [1.807, 2.05) is 29.5 Å². The minimum atomic E-state index is -1.10. The van der Waals surface area contributed by atoms with Crippen LogP contribution >= 0.6 is 22.6 Å². The molecule has 0 saturated heterocycles. The Hall–Kier alpha value is -2.18. The lowest BCUT2D eigenvalue weighted by atomic mass is 9.87. The number of amides is 2. The van der Waals surface area contributed by atoms with E-state index in [2.05, 4.69) is 12.2 Å². The van der Waals surface area contributed by atoms with Gasteiger partial charge in [-0.2, -0.15) is 0 Å². The van der Waals surface area contributed by atoms with E-state index in [1.165, 1.54) is 7.11 Å². The van der Waals surface area contributed by atoms with Gasteiger partial charge in [-0.3, -0.25) is 14.4 Å². The van der Waals surface area contributed by atoms with Gasteiger partial charge in [0.05, 0.1) is 23.3 Å². The highest BCUT2D eigenvalue weighted by molar-refractivity contribution is 14.1. The molecule has 10 heteroatoms. The minimum absolute atomic E-state index is 0.0682. The highest BCUT2D eigenvalue weighted by atomic mass is 127. The zero-order chi connectivity index (χ0) is 27.4. The number of aldehydes is 1. The number of hydrogen-bond donors (Lipinski definition) is 3. The second-order valence-corrected chi connectivity index (χ2v) is 10.2. The van der Waals surface area contributed by atoms with Gasteiger partial charge < -0.3 is 29.9 Å². The molecule has 1 aromatic carbocycles. The highest BCUT2D eigenvalue weighted by Crippen LogP contribution is 2.37. The summed E-state index contributed by atoms with van der Waals surface area (Å²) in [7, 11) is 1.46. The third-order valence-electron chi connectivity index (χ3n) is 6.29. The Morgan fingerprint density at radius 1 is 1.22 bits per heavy atom. The first kappa shape index (κ1) is 31.0. The molecular weight excluding hydrogens is 591 g/mol. The molecular formula is C27H39IN2O7. The molecule has 2 amide bonds. The number of nitrogens with zero attached hydrogens (tertiary/aromatic N) is 1. The van der Waals surface area contributed by atoms with Gasteiger partial charge in [0.25, 0.3) is 0 Å². The Labute approximate surface area is 232 Å². The zero-order valence-corrected chi connectivity index (χ0v) is 24.0. The first-order valence-corrected chi connectivity index (χ1v) is 14.0. The smallest absolute Gasteiger partial charge is 0.247 e. The van der Waals surface area contributed by atoms with Crippen molar-refractivity contribution >= 4 is 40.7 Å². The van der Waals surface area contributed by atoms with Gasteiger partial charge in [-0.05, 0) is 53.6 Å². The fraction of sp³-hybridized carbons (Fsp3) is 0.593. The van der Waals surface area contributed by atoms with Gasteiger partial charge in [-0.15, -0.1) is 0 Å². The van der Waals surface area contributed by atoms with Gasteiger partial charge >= 0.3 is 0 Å². The quantitative estimate of drug-likeness (QED) is 0.154. The van der Waals surface area contributed by atoms with Gasteiger partial charge in [0.2, 0.25) is 11.8 Å². The molecule has 1 aliphatic carbocycles. The topological polar surface area (TPSA) is 125 Å². The molecule has 0 heterocycles. The standard InChI is InChI=1S/C27H39IN2O7/c1-4-6-7-8-11-30(24(33)9-5-2)21-15-19(27(35)29-10-12-31)16-22(25(21)34)37-26-20(28)13-18(17-32)14-23(26)36-3/h13-14,16-17,21-22,25,31,34H,4-12,15H2,1-3H3,(H,29,35). The third-order valence-corrected chi connectivity index (χ3v) is 7.09. The number of hydrogen-bond acceptors (Lipinski definition) is 7. The number of halogens is 1. The van der Waals surface area contributed by atoms with Crippen LogP contribution < -0.4 is 14.8 Å². The molecule has 1 aromatic rings. The van der Waals surface area contributed by atoms with Gasteiger partial charge in [-0.25, -0.2) is 0 Å². The monoisotopic (exact) mass is 630 g/mol. The highest BCUT2D eigenvalue weighted by Gasteiger charge is 2.40. The predicted octanol–water partition coefficient (Wildman–Crippen LogP) is 3.24. The Morgan fingerprint density at radius 2 is 1.97 bits per heavy atom. The number of aliphatic hydroxyl groups is 2. The fourth-order valence-corrected chi connectivity index (χ4v) is 5.13. The first-order valence-electron chi connectivity index (χ1n) is 12.9. The van der Waals surface area contributed by atoms with E-state index in [9.17, 15) is 19.5 Å². The lowest BCUT2D eigenvalue weighted by Crippen LogP contribution is -2.55. The molecule has 2 rings (SSSR count). The molecule has 0 radical (unpaired) electrons. The van der Waals surface area contributed by atoms with E-state index in [-0.39, 0.29) is 31.4 Å². The van der Waals surface area contributed by atoms with Crippen LogP contribution in [0.15, 0.2) is 23.8 Å². The van der Waals surface area contributed by atoms with Crippen molar-refractivity contribution in [1.82, 2.24) is 10.2 Å². The maximum absolute atomic E-state index is 13.2. The Kier molecular flexibility index (Phi) is 13.4. The number of ether oxygens (including phenoxy) is 2. The molecule has 1 aliphatic rings. The number of carbonyl (C=O) groups excluding carboxylic acids is 3. The van der Waals surface area contributed by atoms with Crippen molar-refractivity contribution in [3.8, 4) is 11.5 Å². The molecule has 9 nitrogen and oxygen atoms in total. The van der Waals surface area contributed by atoms with Gasteiger partial charge in [0, 0.05) is 37.1 Å². The Morgan fingerprint density at radius 3 is 2.59 bits per heavy atom. The molecule has 0 spiro atoms. The van der Waals surface area contributed by atoms with Gasteiger partial charge in [0.1, 0.15) is 18.5 Å². The number of nitrogens with one attached hydrogen (secondary N) is 1. The van der Waals surface area contributed by atoms with Crippen LogP contribution in [0.5, 0.6) is 11.5 Å². The SMILES string of the molecule is CCCCCCN(C(=O)CCC)C1CC(C(=O)NCCO)=CC(Oc2c(I)cc(C=O)cc2OC)C1O. The summed E-state index contributed by atoms with van der Waals surface area (Å²) in [5.41, 5.74) is 0.786. The summed E-state index contributed by atoms with van der Waals surface area (Å²) in [4.78, 5) is 39.1. The molecule has 0 aliphatic heterocycles. The number of benzene rings is 1. The van der Waals surface area contributed by atoms with Crippen LogP contribution in [0.4, 0.5) is 0 Å². The zero-order valence-electron chi connectivity index (χ0n) is 21.9. The van der Waals surface area contributed by atoms with Crippen molar-refractivity contribution in [2.45, 2.75) is 77.0 Å². The van der Waals surface area contributed by atoms with Crippen LogP contribution in [0.3, 0.4) is 0 Å². The molecule has 206 valence electrons. The van der Waals surface area contributed by atoms with E-state index in [1.54, 1.807) is 23.1 Å².